The van der Waals surface area contributed by atoms with Crippen molar-refractivity contribution in [3.05, 3.63) is 35.8 Å². The minimum absolute atomic E-state index is 0.0138. The van der Waals surface area contributed by atoms with E-state index in [1.807, 2.05) is 0 Å². The van der Waals surface area contributed by atoms with E-state index in [1.54, 1.807) is 0 Å². The highest BCUT2D eigenvalue weighted by Gasteiger charge is 2.14. The van der Waals surface area contributed by atoms with Gasteiger partial charge in [-0.2, -0.15) is 5.10 Å². The van der Waals surface area contributed by atoms with Crippen LogP contribution in [-0.4, -0.2) is 23.2 Å². The van der Waals surface area contributed by atoms with Gasteiger partial charge >= 0.3 is 0 Å². The molecule has 1 heterocycles. The van der Waals surface area contributed by atoms with Crippen molar-refractivity contribution in [2.24, 2.45) is 0 Å². The summed E-state index contributed by atoms with van der Waals surface area (Å²) in [5.74, 6) is -0.553. The zero-order chi connectivity index (χ0) is 13.1. The molecule has 0 saturated heterocycles. The van der Waals surface area contributed by atoms with Gasteiger partial charge in [0.25, 0.3) is 5.91 Å². The molecular weight excluding hydrogens is 239 g/mol. The Kier molecular flexibility index (Phi) is 3.13. The first kappa shape index (κ1) is 11.9. The number of methoxy groups -OCH3 is 1. The zero-order valence-corrected chi connectivity index (χ0v) is 9.53. The molecule has 7 heteroatoms. The highest BCUT2D eigenvalue weighted by atomic mass is 19.1. The summed E-state index contributed by atoms with van der Waals surface area (Å²) in [5.41, 5.74) is 5.66. The molecule has 0 fully saturated rings. The van der Waals surface area contributed by atoms with Crippen LogP contribution in [0.1, 0.15) is 10.4 Å². The minimum Gasteiger partial charge on any atom is -0.497 e. The van der Waals surface area contributed by atoms with Crippen molar-refractivity contribution in [3.63, 3.8) is 0 Å². The molecule has 1 amide bonds. The SMILES string of the molecule is COc1ccc(F)c(NC(=O)c2cn[nH]c2N)c1. The van der Waals surface area contributed by atoms with E-state index in [0.717, 1.165) is 0 Å². The molecule has 0 unspecified atom stereocenters. The predicted octanol–water partition coefficient (Wildman–Crippen LogP) is 1.39. The summed E-state index contributed by atoms with van der Waals surface area (Å²) >= 11 is 0. The van der Waals surface area contributed by atoms with Gasteiger partial charge in [-0.1, -0.05) is 0 Å². The Hall–Kier alpha value is -2.57. The van der Waals surface area contributed by atoms with E-state index < -0.39 is 11.7 Å². The lowest BCUT2D eigenvalue weighted by molar-refractivity contribution is 0.102. The molecular formula is C11H11FN4O2. The fraction of sp³-hybridized carbons (Fsp3) is 0.0909. The molecule has 4 N–H and O–H groups in total. The van der Waals surface area contributed by atoms with Crippen LogP contribution in [0.5, 0.6) is 5.75 Å². The molecule has 0 atom stereocenters. The average molecular weight is 250 g/mol. The maximum atomic E-state index is 13.5. The lowest BCUT2D eigenvalue weighted by Gasteiger charge is -2.07. The summed E-state index contributed by atoms with van der Waals surface area (Å²) in [6, 6.07) is 4.04. The number of aromatic nitrogens is 2. The fourth-order valence-electron chi connectivity index (χ4n) is 1.39. The van der Waals surface area contributed by atoms with E-state index in [0.29, 0.717) is 5.75 Å². The first-order valence-electron chi connectivity index (χ1n) is 5.05. The first-order chi connectivity index (χ1) is 8.61. The van der Waals surface area contributed by atoms with Crippen LogP contribution in [0.25, 0.3) is 0 Å². The van der Waals surface area contributed by atoms with Gasteiger partial charge in [0.2, 0.25) is 0 Å². The lowest BCUT2D eigenvalue weighted by Crippen LogP contribution is -2.14. The number of aromatic amines is 1. The summed E-state index contributed by atoms with van der Waals surface area (Å²) < 4.78 is 18.4. The minimum atomic E-state index is -0.564. The molecule has 2 rings (SSSR count). The van der Waals surface area contributed by atoms with Crippen LogP contribution in [0.2, 0.25) is 0 Å². The number of anilines is 2. The van der Waals surface area contributed by atoms with Gasteiger partial charge in [0, 0.05) is 6.07 Å². The number of halogens is 1. The Morgan fingerprint density at radius 1 is 1.56 bits per heavy atom. The maximum Gasteiger partial charge on any atom is 0.261 e. The second kappa shape index (κ2) is 4.74. The molecule has 0 radical (unpaired) electrons. The molecule has 0 bridgehead atoms. The summed E-state index contributed by atoms with van der Waals surface area (Å²) in [6.07, 6.45) is 1.27. The summed E-state index contributed by atoms with van der Waals surface area (Å²) in [5, 5.41) is 8.43. The number of hydrogen-bond acceptors (Lipinski definition) is 4. The number of H-pyrrole nitrogens is 1. The number of carbonyl (C=O) groups excluding carboxylic acids is 1. The maximum absolute atomic E-state index is 13.5. The molecule has 1 aromatic heterocycles. The van der Waals surface area contributed by atoms with Gasteiger partial charge in [-0.25, -0.2) is 4.39 Å². The molecule has 18 heavy (non-hydrogen) atoms. The quantitative estimate of drug-likeness (QED) is 0.767. The van der Waals surface area contributed by atoms with Gasteiger partial charge in [-0.15, -0.1) is 0 Å². The highest BCUT2D eigenvalue weighted by molar-refractivity contribution is 6.07. The van der Waals surface area contributed by atoms with E-state index in [-0.39, 0.29) is 17.1 Å². The van der Waals surface area contributed by atoms with Crippen molar-refractivity contribution < 1.29 is 13.9 Å². The van der Waals surface area contributed by atoms with Crippen LogP contribution in [0, 0.1) is 5.82 Å². The Morgan fingerprint density at radius 3 is 2.94 bits per heavy atom. The zero-order valence-electron chi connectivity index (χ0n) is 9.53. The molecule has 1 aromatic carbocycles. The molecule has 0 aliphatic heterocycles. The summed E-state index contributed by atoms with van der Waals surface area (Å²) in [7, 11) is 1.45. The Bertz CT molecular complexity index is 582. The van der Waals surface area contributed by atoms with Gasteiger partial charge < -0.3 is 15.8 Å². The van der Waals surface area contributed by atoms with E-state index in [4.69, 9.17) is 10.5 Å². The molecule has 0 spiro atoms. The van der Waals surface area contributed by atoms with Crippen LogP contribution >= 0.6 is 0 Å². The summed E-state index contributed by atoms with van der Waals surface area (Å²) in [6.45, 7) is 0. The number of amides is 1. The number of hydrogen-bond donors (Lipinski definition) is 3. The van der Waals surface area contributed by atoms with Crippen molar-refractivity contribution in [2.75, 3.05) is 18.2 Å². The number of benzene rings is 1. The van der Waals surface area contributed by atoms with Gasteiger partial charge in [0.15, 0.2) is 0 Å². The van der Waals surface area contributed by atoms with Gasteiger partial charge in [-0.3, -0.25) is 9.89 Å². The van der Waals surface area contributed by atoms with Gasteiger partial charge in [0.1, 0.15) is 22.9 Å². The van der Waals surface area contributed by atoms with Crippen molar-refractivity contribution >= 4 is 17.4 Å². The van der Waals surface area contributed by atoms with Crippen molar-refractivity contribution in [2.45, 2.75) is 0 Å². The van der Waals surface area contributed by atoms with Crippen molar-refractivity contribution in [1.82, 2.24) is 10.2 Å². The Balaban J connectivity index is 2.24. The average Bonchev–Trinajstić information content (AvgIpc) is 2.78. The van der Waals surface area contributed by atoms with Crippen LogP contribution in [0.4, 0.5) is 15.9 Å². The number of nitrogens with zero attached hydrogens (tertiary/aromatic N) is 1. The number of nitrogens with one attached hydrogen (secondary N) is 2. The van der Waals surface area contributed by atoms with E-state index in [9.17, 15) is 9.18 Å². The fourth-order valence-corrected chi connectivity index (χ4v) is 1.39. The molecule has 0 aliphatic rings. The van der Waals surface area contributed by atoms with E-state index >= 15 is 0 Å². The monoisotopic (exact) mass is 250 g/mol. The molecule has 6 nitrogen and oxygen atoms in total. The standard InChI is InChI=1S/C11H11FN4O2/c1-18-6-2-3-8(12)9(4-6)15-11(17)7-5-14-16-10(7)13/h2-5H,1H3,(H,15,17)(H3,13,14,16). The van der Waals surface area contributed by atoms with Crippen LogP contribution in [0.15, 0.2) is 24.4 Å². The number of rotatable bonds is 3. The molecule has 2 aromatic rings. The third kappa shape index (κ3) is 2.24. The van der Waals surface area contributed by atoms with Gasteiger partial charge in [0.05, 0.1) is 19.0 Å². The number of ether oxygens (including phenoxy) is 1. The number of carbonyl (C=O) groups is 1. The lowest BCUT2D eigenvalue weighted by atomic mass is 10.2. The smallest absolute Gasteiger partial charge is 0.261 e. The second-order valence-electron chi connectivity index (χ2n) is 3.50. The van der Waals surface area contributed by atoms with Crippen molar-refractivity contribution in [3.8, 4) is 5.75 Å². The molecule has 0 aliphatic carbocycles. The molecule has 94 valence electrons. The highest BCUT2D eigenvalue weighted by Crippen LogP contribution is 2.22. The van der Waals surface area contributed by atoms with Crippen LogP contribution in [-0.2, 0) is 0 Å². The largest absolute Gasteiger partial charge is 0.497 e. The summed E-state index contributed by atoms with van der Waals surface area (Å²) in [4.78, 5) is 11.8. The number of nitrogen functional groups attached to an aromatic ring is 1. The van der Waals surface area contributed by atoms with E-state index in [1.165, 1.54) is 31.5 Å². The van der Waals surface area contributed by atoms with Gasteiger partial charge in [-0.05, 0) is 12.1 Å². The normalized spacial score (nSPS) is 10.1. The topological polar surface area (TPSA) is 93.0 Å². The van der Waals surface area contributed by atoms with E-state index in [2.05, 4.69) is 15.5 Å². The third-order valence-electron chi connectivity index (χ3n) is 2.34. The van der Waals surface area contributed by atoms with Crippen LogP contribution < -0.4 is 15.8 Å². The second-order valence-corrected chi connectivity index (χ2v) is 3.50. The third-order valence-corrected chi connectivity index (χ3v) is 2.34. The van der Waals surface area contributed by atoms with Crippen molar-refractivity contribution in [1.29, 1.82) is 0 Å². The Labute approximate surface area is 102 Å². The van der Waals surface area contributed by atoms with Crippen LogP contribution in [0.3, 0.4) is 0 Å². The first-order valence-corrected chi connectivity index (χ1v) is 5.05. The molecule has 0 saturated carbocycles. The predicted molar refractivity (Wildman–Crippen MR) is 63.9 cm³/mol. The Morgan fingerprint density at radius 2 is 2.33 bits per heavy atom. The number of nitrogens with two attached hydrogens (primary N) is 1.